The number of carbonyl (C=O) groups is 1. The Morgan fingerprint density at radius 2 is 1.71 bits per heavy atom. The standard InChI is InChI=1S/C28H29N3O3/c1-3-19-30(4-2)20-18-23-12-10-22(11-13-23)14-15-24-21-26(31(33)34)16-17-27(24)28(32)29-25-8-6-5-7-9-25/h5-13,16-17,21H,3-4,18-20H2,1-2H3,(H,29,32). The van der Waals surface area contributed by atoms with Crippen LogP contribution in [0.3, 0.4) is 0 Å². The fourth-order valence-corrected chi connectivity index (χ4v) is 3.59. The van der Waals surface area contributed by atoms with E-state index in [9.17, 15) is 14.9 Å². The van der Waals surface area contributed by atoms with E-state index in [0.717, 1.165) is 38.0 Å². The van der Waals surface area contributed by atoms with E-state index in [0.29, 0.717) is 11.3 Å². The molecule has 0 saturated carbocycles. The zero-order valence-electron chi connectivity index (χ0n) is 19.6. The number of anilines is 1. The molecule has 1 N–H and O–H groups in total. The van der Waals surface area contributed by atoms with Crippen molar-refractivity contribution in [2.24, 2.45) is 0 Å². The topological polar surface area (TPSA) is 75.5 Å². The highest BCUT2D eigenvalue weighted by Crippen LogP contribution is 2.19. The van der Waals surface area contributed by atoms with Crippen LogP contribution in [0.15, 0.2) is 72.8 Å². The Bertz CT molecular complexity index is 1180. The van der Waals surface area contributed by atoms with E-state index in [1.807, 2.05) is 30.3 Å². The van der Waals surface area contributed by atoms with Crippen molar-refractivity contribution in [2.75, 3.05) is 25.0 Å². The number of benzene rings is 3. The SMILES string of the molecule is CCCN(CC)CCc1ccc(C#Cc2cc([N+](=O)[O-])ccc2C(=O)Nc2ccccc2)cc1. The summed E-state index contributed by atoms with van der Waals surface area (Å²) in [6, 6.07) is 21.1. The number of nitrogens with one attached hydrogen (secondary N) is 1. The average Bonchev–Trinajstić information content (AvgIpc) is 2.86. The predicted molar refractivity (Wildman–Crippen MR) is 136 cm³/mol. The number of hydrogen-bond acceptors (Lipinski definition) is 4. The minimum absolute atomic E-state index is 0.108. The van der Waals surface area contributed by atoms with Crippen molar-refractivity contribution in [1.82, 2.24) is 4.90 Å². The van der Waals surface area contributed by atoms with Gasteiger partial charge in [-0.15, -0.1) is 0 Å². The van der Waals surface area contributed by atoms with Crippen molar-refractivity contribution in [3.8, 4) is 11.8 Å². The van der Waals surface area contributed by atoms with Crippen molar-refractivity contribution in [2.45, 2.75) is 26.7 Å². The molecule has 174 valence electrons. The number of para-hydroxylation sites is 1. The Morgan fingerprint density at radius 1 is 0.971 bits per heavy atom. The number of carbonyl (C=O) groups excluding carboxylic acids is 1. The van der Waals surface area contributed by atoms with Gasteiger partial charge in [0.05, 0.1) is 10.5 Å². The van der Waals surface area contributed by atoms with Crippen molar-refractivity contribution < 1.29 is 9.72 Å². The lowest BCUT2D eigenvalue weighted by Gasteiger charge is -2.19. The van der Waals surface area contributed by atoms with Gasteiger partial charge in [0.1, 0.15) is 0 Å². The van der Waals surface area contributed by atoms with Crippen LogP contribution in [0.2, 0.25) is 0 Å². The summed E-state index contributed by atoms with van der Waals surface area (Å²) in [6.07, 6.45) is 2.11. The van der Waals surface area contributed by atoms with Gasteiger partial charge >= 0.3 is 0 Å². The molecule has 34 heavy (non-hydrogen) atoms. The Morgan fingerprint density at radius 3 is 2.35 bits per heavy atom. The summed E-state index contributed by atoms with van der Waals surface area (Å²) in [5.41, 5.74) is 3.15. The molecule has 1 amide bonds. The number of hydrogen-bond donors (Lipinski definition) is 1. The Kier molecular flexibility index (Phi) is 8.96. The van der Waals surface area contributed by atoms with Crippen LogP contribution in [0.25, 0.3) is 0 Å². The third-order valence-corrected chi connectivity index (χ3v) is 5.49. The summed E-state index contributed by atoms with van der Waals surface area (Å²) in [7, 11) is 0. The fourth-order valence-electron chi connectivity index (χ4n) is 3.59. The fraction of sp³-hybridized carbons (Fsp3) is 0.250. The van der Waals surface area contributed by atoms with Gasteiger partial charge < -0.3 is 10.2 Å². The second kappa shape index (κ2) is 12.3. The molecule has 0 unspecified atom stereocenters. The monoisotopic (exact) mass is 455 g/mol. The minimum Gasteiger partial charge on any atom is -0.322 e. The number of nitro groups is 1. The molecule has 0 radical (unpaired) electrons. The van der Waals surface area contributed by atoms with E-state index in [2.05, 4.69) is 48.0 Å². The lowest BCUT2D eigenvalue weighted by atomic mass is 10.0. The molecule has 0 bridgehead atoms. The quantitative estimate of drug-likeness (QED) is 0.262. The van der Waals surface area contributed by atoms with Crippen LogP contribution in [0.5, 0.6) is 0 Å². The number of nitro benzene ring substituents is 1. The van der Waals surface area contributed by atoms with Gasteiger partial charge in [0.15, 0.2) is 0 Å². The average molecular weight is 456 g/mol. The molecule has 0 aromatic heterocycles. The van der Waals surface area contributed by atoms with Crippen LogP contribution >= 0.6 is 0 Å². The van der Waals surface area contributed by atoms with Crippen molar-refractivity contribution in [1.29, 1.82) is 0 Å². The molecule has 0 heterocycles. The van der Waals surface area contributed by atoms with Gasteiger partial charge in [0.2, 0.25) is 0 Å². The second-order valence-corrected chi connectivity index (χ2v) is 7.94. The second-order valence-electron chi connectivity index (χ2n) is 7.94. The van der Waals surface area contributed by atoms with Gasteiger partial charge in [-0.2, -0.15) is 0 Å². The highest BCUT2D eigenvalue weighted by molar-refractivity contribution is 6.06. The smallest absolute Gasteiger partial charge is 0.270 e. The molecule has 0 atom stereocenters. The summed E-state index contributed by atoms with van der Waals surface area (Å²) in [4.78, 5) is 26.0. The highest BCUT2D eigenvalue weighted by Gasteiger charge is 2.15. The maximum Gasteiger partial charge on any atom is 0.270 e. The van der Waals surface area contributed by atoms with E-state index in [4.69, 9.17) is 0 Å². The van der Waals surface area contributed by atoms with Crippen LogP contribution in [0, 0.1) is 22.0 Å². The van der Waals surface area contributed by atoms with Gasteiger partial charge in [-0.1, -0.05) is 56.0 Å². The third kappa shape index (κ3) is 7.03. The maximum absolute atomic E-state index is 12.8. The number of rotatable bonds is 9. The van der Waals surface area contributed by atoms with Crippen molar-refractivity contribution >= 4 is 17.3 Å². The first-order valence-electron chi connectivity index (χ1n) is 11.5. The van der Waals surface area contributed by atoms with E-state index >= 15 is 0 Å². The predicted octanol–water partition coefficient (Wildman–Crippen LogP) is 5.52. The first-order chi connectivity index (χ1) is 16.5. The van der Waals surface area contributed by atoms with Gasteiger partial charge in [0.25, 0.3) is 11.6 Å². The van der Waals surface area contributed by atoms with Crippen molar-refractivity contribution in [3.05, 3.63) is 105 Å². The van der Waals surface area contributed by atoms with E-state index < -0.39 is 4.92 Å². The summed E-state index contributed by atoms with van der Waals surface area (Å²) in [5, 5.41) is 14.1. The van der Waals surface area contributed by atoms with Crippen LogP contribution in [0.4, 0.5) is 11.4 Å². The van der Waals surface area contributed by atoms with Gasteiger partial charge in [-0.25, -0.2) is 0 Å². The van der Waals surface area contributed by atoms with Gasteiger partial charge in [0, 0.05) is 35.5 Å². The Balaban J connectivity index is 1.79. The number of non-ortho nitro benzene ring substituents is 1. The molecular weight excluding hydrogens is 426 g/mol. The molecule has 0 saturated heterocycles. The number of amides is 1. The van der Waals surface area contributed by atoms with E-state index in [-0.39, 0.29) is 17.2 Å². The van der Waals surface area contributed by atoms with E-state index in [1.165, 1.54) is 23.8 Å². The zero-order valence-corrected chi connectivity index (χ0v) is 19.6. The Hall–Kier alpha value is -3.95. The molecular formula is C28H29N3O3. The molecule has 0 aliphatic rings. The van der Waals surface area contributed by atoms with Gasteiger partial charge in [-0.3, -0.25) is 14.9 Å². The summed E-state index contributed by atoms with van der Waals surface area (Å²) < 4.78 is 0. The molecule has 0 spiro atoms. The molecule has 6 nitrogen and oxygen atoms in total. The van der Waals surface area contributed by atoms with Crippen LogP contribution in [-0.2, 0) is 6.42 Å². The van der Waals surface area contributed by atoms with Gasteiger partial charge in [-0.05, 0) is 61.8 Å². The molecule has 6 heteroatoms. The number of likely N-dealkylation sites (N-methyl/N-ethyl adjacent to an activating group) is 1. The maximum atomic E-state index is 12.8. The Labute approximate surface area is 200 Å². The van der Waals surface area contributed by atoms with Crippen LogP contribution in [0.1, 0.15) is 47.3 Å². The van der Waals surface area contributed by atoms with Crippen LogP contribution < -0.4 is 5.32 Å². The summed E-state index contributed by atoms with van der Waals surface area (Å²) in [6.45, 7) is 7.53. The minimum atomic E-state index is -0.489. The largest absolute Gasteiger partial charge is 0.322 e. The van der Waals surface area contributed by atoms with Crippen LogP contribution in [-0.4, -0.2) is 35.4 Å². The molecule has 0 aliphatic heterocycles. The molecule has 3 aromatic carbocycles. The summed E-state index contributed by atoms with van der Waals surface area (Å²) in [5.74, 6) is 5.64. The summed E-state index contributed by atoms with van der Waals surface area (Å²) >= 11 is 0. The van der Waals surface area contributed by atoms with Crippen molar-refractivity contribution in [3.63, 3.8) is 0 Å². The lowest BCUT2D eigenvalue weighted by molar-refractivity contribution is -0.384. The molecule has 3 aromatic rings. The number of nitrogens with zero attached hydrogens (tertiary/aromatic N) is 2. The third-order valence-electron chi connectivity index (χ3n) is 5.49. The lowest BCUT2D eigenvalue weighted by Crippen LogP contribution is -2.26. The highest BCUT2D eigenvalue weighted by atomic mass is 16.6. The van der Waals surface area contributed by atoms with E-state index in [1.54, 1.807) is 12.1 Å². The normalized spacial score (nSPS) is 10.4. The first kappa shape index (κ1) is 24.7. The molecule has 3 rings (SSSR count). The molecule has 0 aliphatic carbocycles. The first-order valence-corrected chi connectivity index (χ1v) is 11.5. The molecule has 0 fully saturated rings. The zero-order chi connectivity index (χ0) is 24.3.